The van der Waals surface area contributed by atoms with Crippen LogP contribution in [0.2, 0.25) is 0 Å². The zero-order chi connectivity index (χ0) is 10.6. The normalized spacial score (nSPS) is 10.2. The lowest BCUT2D eigenvalue weighted by molar-refractivity contribution is 0.0505. The van der Waals surface area contributed by atoms with E-state index in [9.17, 15) is 4.79 Å². The van der Waals surface area contributed by atoms with Gasteiger partial charge in [-0.15, -0.1) is 10.2 Å². The number of aryl methyl sites for hydroxylation is 1. The molecule has 0 fully saturated rings. The third-order valence-corrected chi connectivity index (χ3v) is 1.84. The van der Waals surface area contributed by atoms with Crippen molar-refractivity contribution >= 4 is 5.97 Å². The maximum atomic E-state index is 11.4. The third kappa shape index (κ3) is 2.10. The Morgan fingerprint density at radius 3 is 2.71 bits per heavy atom. The molecule has 1 aromatic rings. The van der Waals surface area contributed by atoms with Crippen molar-refractivity contribution in [3.8, 4) is 0 Å². The van der Waals surface area contributed by atoms with E-state index in [4.69, 9.17) is 4.74 Å². The van der Waals surface area contributed by atoms with E-state index in [0.29, 0.717) is 12.4 Å². The van der Waals surface area contributed by atoms with Gasteiger partial charge < -0.3 is 9.30 Å². The van der Waals surface area contributed by atoms with E-state index in [1.165, 1.54) is 0 Å². The summed E-state index contributed by atoms with van der Waals surface area (Å²) in [6, 6.07) is 0. The maximum absolute atomic E-state index is 11.4. The molecule has 0 bridgehead atoms. The Hall–Kier alpha value is -1.39. The maximum Gasteiger partial charge on any atom is 0.376 e. The van der Waals surface area contributed by atoms with Gasteiger partial charge in [0.15, 0.2) is 0 Å². The standard InChI is InChI=1S/C9H15N3O2/c1-4-6-12-7(3)10-11-8(12)9(13)14-5-2/h4-6H2,1-3H3. The van der Waals surface area contributed by atoms with Crippen molar-refractivity contribution in [1.29, 1.82) is 0 Å². The molecule has 5 heteroatoms. The average molecular weight is 197 g/mol. The van der Waals surface area contributed by atoms with Crippen LogP contribution in [0.1, 0.15) is 36.7 Å². The highest BCUT2D eigenvalue weighted by molar-refractivity contribution is 5.85. The lowest BCUT2D eigenvalue weighted by Crippen LogP contribution is -2.14. The molecule has 0 aliphatic heterocycles. The van der Waals surface area contributed by atoms with Gasteiger partial charge in [-0.2, -0.15) is 0 Å². The summed E-state index contributed by atoms with van der Waals surface area (Å²) < 4.78 is 6.64. The summed E-state index contributed by atoms with van der Waals surface area (Å²) in [5, 5.41) is 7.64. The van der Waals surface area contributed by atoms with E-state index in [2.05, 4.69) is 10.2 Å². The zero-order valence-electron chi connectivity index (χ0n) is 8.78. The number of hydrogen-bond donors (Lipinski definition) is 0. The summed E-state index contributed by atoms with van der Waals surface area (Å²) >= 11 is 0. The first-order chi connectivity index (χ1) is 6.70. The van der Waals surface area contributed by atoms with Crippen molar-refractivity contribution in [2.45, 2.75) is 33.7 Å². The first-order valence-corrected chi connectivity index (χ1v) is 4.77. The van der Waals surface area contributed by atoms with Crippen LogP contribution in [0, 0.1) is 6.92 Å². The molecule has 1 aromatic heterocycles. The van der Waals surface area contributed by atoms with Gasteiger partial charge in [0.25, 0.3) is 0 Å². The molecule has 78 valence electrons. The Balaban J connectivity index is 2.90. The van der Waals surface area contributed by atoms with Crippen LogP contribution >= 0.6 is 0 Å². The third-order valence-electron chi connectivity index (χ3n) is 1.84. The molecule has 0 N–H and O–H groups in total. The van der Waals surface area contributed by atoms with Crippen LogP contribution < -0.4 is 0 Å². The van der Waals surface area contributed by atoms with Crippen LogP contribution in [0.4, 0.5) is 0 Å². The van der Waals surface area contributed by atoms with Crippen LogP contribution in [0.3, 0.4) is 0 Å². The van der Waals surface area contributed by atoms with Gasteiger partial charge in [-0.3, -0.25) is 0 Å². The first kappa shape index (κ1) is 10.7. The number of aromatic nitrogens is 3. The molecule has 0 radical (unpaired) electrons. The summed E-state index contributed by atoms with van der Waals surface area (Å²) in [7, 11) is 0. The minimum Gasteiger partial charge on any atom is -0.460 e. The highest BCUT2D eigenvalue weighted by Gasteiger charge is 2.16. The van der Waals surface area contributed by atoms with Crippen molar-refractivity contribution < 1.29 is 9.53 Å². The summed E-state index contributed by atoms with van der Waals surface area (Å²) in [6.07, 6.45) is 0.936. The molecule has 0 aromatic carbocycles. The lowest BCUT2D eigenvalue weighted by atomic mass is 10.4. The second-order valence-corrected chi connectivity index (χ2v) is 2.94. The molecule has 0 unspecified atom stereocenters. The molecule has 5 nitrogen and oxygen atoms in total. The lowest BCUT2D eigenvalue weighted by Gasteiger charge is -2.05. The van der Waals surface area contributed by atoms with E-state index >= 15 is 0 Å². The Labute approximate surface area is 83.1 Å². The molecular weight excluding hydrogens is 182 g/mol. The molecule has 0 atom stereocenters. The number of rotatable bonds is 4. The first-order valence-electron chi connectivity index (χ1n) is 4.77. The largest absolute Gasteiger partial charge is 0.460 e. The fourth-order valence-corrected chi connectivity index (χ4v) is 1.22. The summed E-state index contributed by atoms with van der Waals surface area (Å²) in [5.74, 6) is 0.641. The van der Waals surface area contributed by atoms with Crippen LogP contribution in [-0.2, 0) is 11.3 Å². The van der Waals surface area contributed by atoms with E-state index in [1.807, 2.05) is 13.8 Å². The van der Waals surface area contributed by atoms with Crippen molar-refractivity contribution in [2.75, 3.05) is 6.61 Å². The Morgan fingerprint density at radius 2 is 2.14 bits per heavy atom. The predicted molar refractivity (Wildman–Crippen MR) is 51.0 cm³/mol. The number of nitrogens with zero attached hydrogens (tertiary/aromatic N) is 3. The topological polar surface area (TPSA) is 57.0 Å². The van der Waals surface area contributed by atoms with Crippen molar-refractivity contribution in [3.63, 3.8) is 0 Å². The van der Waals surface area contributed by atoms with Gasteiger partial charge in [0, 0.05) is 6.54 Å². The van der Waals surface area contributed by atoms with E-state index in [0.717, 1.165) is 18.8 Å². The van der Waals surface area contributed by atoms with Gasteiger partial charge in [0.1, 0.15) is 5.82 Å². The number of carbonyl (C=O) groups is 1. The number of esters is 1. The van der Waals surface area contributed by atoms with Crippen molar-refractivity contribution in [1.82, 2.24) is 14.8 Å². The number of ether oxygens (including phenoxy) is 1. The molecule has 0 amide bonds. The molecule has 0 saturated carbocycles. The molecule has 1 rings (SSSR count). The van der Waals surface area contributed by atoms with E-state index < -0.39 is 5.97 Å². The van der Waals surface area contributed by atoms with Gasteiger partial charge in [-0.25, -0.2) is 4.79 Å². The Bertz CT molecular complexity index is 320. The minimum absolute atomic E-state index is 0.297. The van der Waals surface area contributed by atoms with Crippen LogP contribution in [-0.4, -0.2) is 27.3 Å². The average Bonchev–Trinajstić information content (AvgIpc) is 2.50. The Morgan fingerprint density at radius 1 is 1.43 bits per heavy atom. The number of hydrogen-bond acceptors (Lipinski definition) is 4. The second kappa shape index (κ2) is 4.74. The fraction of sp³-hybridized carbons (Fsp3) is 0.667. The minimum atomic E-state index is -0.401. The van der Waals surface area contributed by atoms with Gasteiger partial charge >= 0.3 is 5.97 Å². The van der Waals surface area contributed by atoms with Crippen molar-refractivity contribution in [3.05, 3.63) is 11.6 Å². The molecule has 0 aliphatic rings. The monoisotopic (exact) mass is 197 g/mol. The molecule has 0 spiro atoms. The van der Waals surface area contributed by atoms with Gasteiger partial charge in [-0.05, 0) is 20.3 Å². The SMILES string of the molecule is CCCn1c(C)nnc1C(=O)OCC. The van der Waals surface area contributed by atoms with E-state index in [1.54, 1.807) is 11.5 Å². The van der Waals surface area contributed by atoms with Crippen molar-refractivity contribution in [2.24, 2.45) is 0 Å². The summed E-state index contributed by atoms with van der Waals surface area (Å²) in [5.41, 5.74) is 0. The van der Waals surface area contributed by atoms with Crippen LogP contribution in [0.5, 0.6) is 0 Å². The van der Waals surface area contributed by atoms with Gasteiger partial charge in [0.2, 0.25) is 5.82 Å². The quantitative estimate of drug-likeness (QED) is 0.680. The zero-order valence-corrected chi connectivity index (χ0v) is 8.78. The molecular formula is C9H15N3O2. The van der Waals surface area contributed by atoms with E-state index in [-0.39, 0.29) is 0 Å². The molecule has 0 saturated heterocycles. The van der Waals surface area contributed by atoms with Gasteiger partial charge in [0.05, 0.1) is 6.61 Å². The highest BCUT2D eigenvalue weighted by Crippen LogP contribution is 2.04. The molecule has 0 aliphatic carbocycles. The molecule has 14 heavy (non-hydrogen) atoms. The predicted octanol–water partition coefficient (Wildman–Crippen LogP) is 1.17. The fourth-order valence-electron chi connectivity index (χ4n) is 1.22. The summed E-state index contributed by atoms with van der Waals surface area (Å²) in [4.78, 5) is 11.4. The Kier molecular flexibility index (Phi) is 3.62. The second-order valence-electron chi connectivity index (χ2n) is 2.94. The van der Waals surface area contributed by atoms with Gasteiger partial charge in [-0.1, -0.05) is 6.92 Å². The van der Waals surface area contributed by atoms with Crippen LogP contribution in [0.15, 0.2) is 0 Å². The molecule has 1 heterocycles. The van der Waals surface area contributed by atoms with Crippen LogP contribution in [0.25, 0.3) is 0 Å². The summed E-state index contributed by atoms with van der Waals surface area (Å²) in [6.45, 7) is 6.73. The number of carbonyl (C=O) groups excluding carboxylic acids is 1. The highest BCUT2D eigenvalue weighted by atomic mass is 16.5. The smallest absolute Gasteiger partial charge is 0.376 e.